The van der Waals surface area contributed by atoms with E-state index in [2.05, 4.69) is 20.9 Å². The summed E-state index contributed by atoms with van der Waals surface area (Å²) in [6, 6.07) is 13.1. The van der Waals surface area contributed by atoms with Crippen LogP contribution < -0.4 is 15.6 Å². The summed E-state index contributed by atoms with van der Waals surface area (Å²) in [5.41, 5.74) is 2.80. The van der Waals surface area contributed by atoms with Gasteiger partial charge in [-0.05, 0) is 47.9 Å². The first kappa shape index (κ1) is 24.3. The molecule has 37 heavy (non-hydrogen) atoms. The Morgan fingerprint density at radius 3 is 2.57 bits per heavy atom. The Morgan fingerprint density at radius 1 is 1.11 bits per heavy atom. The standard InChI is InChI=1S/C26H22F3N5O3/c1-15(24(35)33-32-22-9-5-6-10-30-22)34-14-16(13-31-34)19-11-17(37-2)12-21-23(19)18-7-3-4-8-20(18)25(21,36)26(27,28)29/h3-15,36H,1-2H3,(H,30,32)(H,33,35). The van der Waals surface area contributed by atoms with Gasteiger partial charge in [0.15, 0.2) is 0 Å². The lowest BCUT2D eigenvalue weighted by Crippen LogP contribution is -2.41. The molecule has 11 heteroatoms. The van der Waals surface area contributed by atoms with E-state index in [1.807, 2.05) is 0 Å². The fourth-order valence-electron chi connectivity index (χ4n) is 4.48. The second kappa shape index (κ2) is 8.93. The van der Waals surface area contributed by atoms with Crippen molar-refractivity contribution in [1.82, 2.24) is 20.2 Å². The SMILES string of the molecule is COc1cc(-c2cnn(C(C)C(=O)NNc3ccccn3)c2)c2c(c1)C(O)(C(F)(F)F)c1ccccc1-2. The normalized spacial score (nSPS) is 17.0. The maximum Gasteiger partial charge on any atom is 0.425 e. The molecule has 190 valence electrons. The number of nitrogens with zero attached hydrogens (tertiary/aromatic N) is 3. The first-order valence-corrected chi connectivity index (χ1v) is 11.3. The van der Waals surface area contributed by atoms with Gasteiger partial charge in [0.25, 0.3) is 5.91 Å². The van der Waals surface area contributed by atoms with E-state index in [-0.39, 0.29) is 28.0 Å². The van der Waals surface area contributed by atoms with Gasteiger partial charge in [0.1, 0.15) is 17.6 Å². The molecule has 0 saturated heterocycles. The first-order valence-electron chi connectivity index (χ1n) is 11.3. The predicted octanol–water partition coefficient (Wildman–Crippen LogP) is 4.44. The van der Waals surface area contributed by atoms with Crippen molar-refractivity contribution < 1.29 is 27.8 Å². The van der Waals surface area contributed by atoms with E-state index in [1.54, 1.807) is 49.6 Å². The Kier molecular flexibility index (Phi) is 5.87. The molecule has 4 aromatic rings. The van der Waals surface area contributed by atoms with E-state index >= 15 is 0 Å². The van der Waals surface area contributed by atoms with Crippen LogP contribution in [0.3, 0.4) is 0 Å². The Balaban J connectivity index is 1.54. The van der Waals surface area contributed by atoms with Gasteiger partial charge in [0, 0.05) is 29.1 Å². The molecule has 2 heterocycles. The highest BCUT2D eigenvalue weighted by atomic mass is 19.4. The summed E-state index contributed by atoms with van der Waals surface area (Å²) in [6.45, 7) is 1.62. The number of methoxy groups -OCH3 is 1. The molecule has 2 atom stereocenters. The maximum absolute atomic E-state index is 14.3. The smallest absolute Gasteiger partial charge is 0.425 e. The molecule has 0 fully saturated rings. The van der Waals surface area contributed by atoms with Gasteiger partial charge in [-0.25, -0.2) is 4.98 Å². The maximum atomic E-state index is 14.3. The van der Waals surface area contributed by atoms with Crippen molar-refractivity contribution in [2.75, 3.05) is 12.5 Å². The number of pyridine rings is 1. The van der Waals surface area contributed by atoms with Crippen LogP contribution in [-0.2, 0) is 10.4 Å². The van der Waals surface area contributed by atoms with E-state index in [0.29, 0.717) is 16.9 Å². The second-order valence-corrected chi connectivity index (χ2v) is 8.57. The average Bonchev–Trinajstić information content (AvgIpc) is 3.49. The first-order chi connectivity index (χ1) is 17.6. The molecule has 8 nitrogen and oxygen atoms in total. The van der Waals surface area contributed by atoms with Crippen LogP contribution >= 0.6 is 0 Å². The number of benzene rings is 2. The summed E-state index contributed by atoms with van der Waals surface area (Å²) >= 11 is 0. The number of aromatic nitrogens is 3. The van der Waals surface area contributed by atoms with Crippen LogP contribution in [0.15, 0.2) is 73.2 Å². The number of nitrogens with one attached hydrogen (secondary N) is 2. The fourth-order valence-corrected chi connectivity index (χ4v) is 4.48. The van der Waals surface area contributed by atoms with Gasteiger partial charge < -0.3 is 9.84 Å². The fraction of sp³-hybridized carbons (Fsp3) is 0.192. The van der Waals surface area contributed by atoms with Crippen LogP contribution in [0, 0.1) is 0 Å². The van der Waals surface area contributed by atoms with Crippen molar-refractivity contribution in [2.45, 2.75) is 24.7 Å². The number of carbonyl (C=O) groups is 1. The van der Waals surface area contributed by atoms with Crippen molar-refractivity contribution in [1.29, 1.82) is 0 Å². The molecule has 2 aromatic heterocycles. The molecule has 1 aliphatic carbocycles. The summed E-state index contributed by atoms with van der Waals surface area (Å²) < 4.78 is 49.6. The number of fused-ring (bicyclic) bond motifs is 3. The summed E-state index contributed by atoms with van der Waals surface area (Å²) in [6.07, 6.45) is -0.385. The Labute approximate surface area is 209 Å². The lowest BCUT2D eigenvalue weighted by molar-refractivity contribution is -0.246. The van der Waals surface area contributed by atoms with Crippen molar-refractivity contribution in [2.24, 2.45) is 0 Å². The topological polar surface area (TPSA) is 101 Å². The largest absolute Gasteiger partial charge is 0.497 e. The van der Waals surface area contributed by atoms with Gasteiger partial charge in [0.05, 0.1) is 13.3 Å². The zero-order chi connectivity index (χ0) is 26.4. The summed E-state index contributed by atoms with van der Waals surface area (Å²) in [5, 5.41) is 15.4. The highest BCUT2D eigenvalue weighted by Crippen LogP contribution is 2.58. The van der Waals surface area contributed by atoms with Crippen molar-refractivity contribution in [3.05, 3.63) is 84.3 Å². The zero-order valence-corrected chi connectivity index (χ0v) is 19.7. The molecule has 5 rings (SSSR count). The van der Waals surface area contributed by atoms with Crippen LogP contribution in [0.1, 0.15) is 24.1 Å². The van der Waals surface area contributed by atoms with Crippen molar-refractivity contribution in [3.8, 4) is 28.0 Å². The molecule has 0 spiro atoms. The van der Waals surface area contributed by atoms with Gasteiger partial charge in [-0.2, -0.15) is 18.3 Å². The number of carbonyl (C=O) groups excluding carboxylic acids is 1. The minimum atomic E-state index is -4.98. The van der Waals surface area contributed by atoms with E-state index in [0.717, 1.165) is 0 Å². The van der Waals surface area contributed by atoms with Gasteiger partial charge in [0.2, 0.25) is 5.60 Å². The molecule has 0 radical (unpaired) electrons. The molecular weight excluding hydrogens is 487 g/mol. The number of anilines is 1. The number of hydrogen-bond donors (Lipinski definition) is 3. The zero-order valence-electron chi connectivity index (χ0n) is 19.7. The number of hydrogen-bond acceptors (Lipinski definition) is 6. The Hall–Kier alpha value is -4.38. The minimum Gasteiger partial charge on any atom is -0.497 e. The van der Waals surface area contributed by atoms with E-state index < -0.39 is 23.7 Å². The van der Waals surface area contributed by atoms with Crippen LogP contribution in [0.5, 0.6) is 5.75 Å². The molecule has 2 unspecified atom stereocenters. The van der Waals surface area contributed by atoms with Crippen LogP contribution in [-0.4, -0.2) is 39.1 Å². The number of hydrazine groups is 1. The minimum absolute atomic E-state index is 0.141. The van der Waals surface area contributed by atoms with Crippen LogP contribution in [0.2, 0.25) is 0 Å². The third-order valence-electron chi connectivity index (χ3n) is 6.40. The molecule has 1 amide bonds. The molecule has 0 aliphatic heterocycles. The number of halogens is 3. The molecular formula is C26H22F3N5O3. The number of ether oxygens (including phenoxy) is 1. The monoisotopic (exact) mass is 509 g/mol. The number of alkyl halides is 3. The summed E-state index contributed by atoms with van der Waals surface area (Å²) in [4.78, 5) is 16.7. The van der Waals surface area contributed by atoms with Crippen LogP contribution in [0.25, 0.3) is 22.3 Å². The summed E-state index contributed by atoms with van der Waals surface area (Å²) in [7, 11) is 1.34. The summed E-state index contributed by atoms with van der Waals surface area (Å²) in [5.74, 6) is 0.183. The van der Waals surface area contributed by atoms with Gasteiger partial charge in [-0.3, -0.25) is 20.3 Å². The average molecular weight is 509 g/mol. The van der Waals surface area contributed by atoms with E-state index in [4.69, 9.17) is 4.74 Å². The second-order valence-electron chi connectivity index (χ2n) is 8.57. The third kappa shape index (κ3) is 3.97. The predicted molar refractivity (Wildman–Crippen MR) is 129 cm³/mol. The molecule has 2 aromatic carbocycles. The van der Waals surface area contributed by atoms with Crippen molar-refractivity contribution in [3.63, 3.8) is 0 Å². The Bertz CT molecular complexity index is 1470. The quantitative estimate of drug-likeness (QED) is 0.333. The number of aliphatic hydroxyl groups is 1. The van der Waals surface area contributed by atoms with E-state index in [9.17, 15) is 23.1 Å². The number of rotatable bonds is 6. The molecule has 0 saturated carbocycles. The highest BCUT2D eigenvalue weighted by molar-refractivity contribution is 5.93. The third-order valence-corrected chi connectivity index (χ3v) is 6.40. The lowest BCUT2D eigenvalue weighted by Gasteiger charge is -2.28. The van der Waals surface area contributed by atoms with Gasteiger partial charge >= 0.3 is 6.18 Å². The lowest BCUT2D eigenvalue weighted by atomic mass is 9.89. The van der Waals surface area contributed by atoms with Gasteiger partial charge in [-0.1, -0.05) is 30.3 Å². The van der Waals surface area contributed by atoms with E-state index in [1.165, 1.54) is 42.3 Å². The molecule has 3 N–H and O–H groups in total. The van der Waals surface area contributed by atoms with Gasteiger partial charge in [-0.15, -0.1) is 0 Å². The number of amides is 1. The highest BCUT2D eigenvalue weighted by Gasteiger charge is 2.61. The molecule has 1 aliphatic rings. The molecule has 0 bridgehead atoms. The van der Waals surface area contributed by atoms with Crippen LogP contribution in [0.4, 0.5) is 19.0 Å². The van der Waals surface area contributed by atoms with Crippen molar-refractivity contribution >= 4 is 11.7 Å². The Morgan fingerprint density at radius 2 is 1.86 bits per heavy atom.